The number of rotatable bonds is 0. The maximum atomic E-state index is 12.4. The normalized spacial score (nSPS) is 34.8. The van der Waals surface area contributed by atoms with Crippen LogP contribution in [0.15, 0.2) is 23.5 Å². The predicted octanol–water partition coefficient (Wildman–Crippen LogP) is 4.27. The van der Waals surface area contributed by atoms with Gasteiger partial charge in [0.05, 0.1) is 5.76 Å². The molecule has 2 rings (SSSR count). The summed E-state index contributed by atoms with van der Waals surface area (Å²) in [6.45, 7) is 16.8. The van der Waals surface area contributed by atoms with E-state index in [0.29, 0.717) is 0 Å². The Balaban J connectivity index is 2.77. The minimum Gasteiger partial charge on any atom is -0.486 e. The number of carbonyl (C=O) groups excluding carboxylic acids is 1. The maximum absolute atomic E-state index is 12.4. The highest BCUT2D eigenvalue weighted by Crippen LogP contribution is 2.64. The van der Waals surface area contributed by atoms with E-state index >= 15 is 0 Å². The summed E-state index contributed by atoms with van der Waals surface area (Å²) in [5, 5.41) is 0. The van der Waals surface area contributed by atoms with E-state index in [0.717, 1.165) is 11.3 Å². The molecule has 0 amide bonds. The van der Waals surface area contributed by atoms with Crippen LogP contribution < -0.4 is 0 Å². The third-order valence-corrected chi connectivity index (χ3v) is 5.75. The second kappa shape index (κ2) is 3.53. The summed E-state index contributed by atoms with van der Waals surface area (Å²) in [4.78, 5) is 12.4. The van der Waals surface area contributed by atoms with Gasteiger partial charge in [0.2, 0.25) is 0 Å². The lowest BCUT2D eigenvalue weighted by Crippen LogP contribution is -2.64. The summed E-state index contributed by atoms with van der Waals surface area (Å²) in [5.41, 5.74) is -0.253. The topological polar surface area (TPSA) is 26.3 Å². The van der Waals surface area contributed by atoms with E-state index < -0.39 is 11.0 Å². The first kappa shape index (κ1) is 14.4. The van der Waals surface area contributed by atoms with Gasteiger partial charge in [-0.05, 0) is 31.6 Å². The Kier molecular flexibility index (Phi) is 2.67. The Hall–Kier alpha value is -1.05. The quantitative estimate of drug-likeness (QED) is 0.651. The highest BCUT2D eigenvalue weighted by Gasteiger charge is 2.68. The molecule has 2 aliphatic rings. The number of allylic oxidation sites excluding steroid dienone is 2. The molecule has 0 saturated heterocycles. The molecular formula is C17H26O2. The van der Waals surface area contributed by atoms with Crippen molar-refractivity contribution in [2.24, 2.45) is 16.2 Å². The number of ether oxygens (including phenoxy) is 1. The smallest absolute Gasteiger partial charge is 0.162 e. The monoisotopic (exact) mass is 262 g/mol. The van der Waals surface area contributed by atoms with Crippen LogP contribution in [-0.4, -0.2) is 11.4 Å². The van der Waals surface area contributed by atoms with Crippen molar-refractivity contribution in [2.45, 2.75) is 61.0 Å². The summed E-state index contributed by atoms with van der Waals surface area (Å²) in [6.07, 6.45) is 3.98. The Labute approximate surface area is 116 Å². The SMILES string of the molecule is CC1=CC(C)(C)C2(O1)C(C)=CC(=O)C(C)(C)C2(C)C. The number of carbonyl (C=O) groups is 1. The van der Waals surface area contributed by atoms with Crippen molar-refractivity contribution < 1.29 is 9.53 Å². The highest BCUT2D eigenvalue weighted by molar-refractivity contribution is 5.97. The molecule has 0 radical (unpaired) electrons. The zero-order valence-corrected chi connectivity index (χ0v) is 13.5. The molecule has 19 heavy (non-hydrogen) atoms. The van der Waals surface area contributed by atoms with E-state index in [1.54, 1.807) is 6.08 Å². The minimum absolute atomic E-state index is 0.126. The largest absolute Gasteiger partial charge is 0.486 e. The predicted molar refractivity (Wildman–Crippen MR) is 77.7 cm³/mol. The van der Waals surface area contributed by atoms with E-state index in [1.807, 2.05) is 27.7 Å². The summed E-state index contributed by atoms with van der Waals surface area (Å²) < 4.78 is 6.36. The van der Waals surface area contributed by atoms with Crippen molar-refractivity contribution in [3.05, 3.63) is 23.5 Å². The fraction of sp³-hybridized carbons (Fsp3) is 0.706. The molecule has 1 aliphatic carbocycles. The minimum atomic E-state index is -0.443. The van der Waals surface area contributed by atoms with Gasteiger partial charge in [-0.1, -0.05) is 41.5 Å². The van der Waals surface area contributed by atoms with Gasteiger partial charge in [0.1, 0.15) is 5.60 Å². The number of hydrogen-bond acceptors (Lipinski definition) is 2. The fourth-order valence-electron chi connectivity index (χ4n) is 4.25. The van der Waals surface area contributed by atoms with Crippen LogP contribution in [0.5, 0.6) is 0 Å². The molecule has 1 heterocycles. The van der Waals surface area contributed by atoms with Crippen LogP contribution in [0, 0.1) is 16.2 Å². The average molecular weight is 262 g/mol. The molecule has 0 bridgehead atoms. The zero-order chi connectivity index (χ0) is 14.9. The summed E-state index contributed by atoms with van der Waals surface area (Å²) in [7, 11) is 0. The second-order valence-electron chi connectivity index (χ2n) is 7.70. The molecule has 106 valence electrons. The van der Waals surface area contributed by atoms with E-state index in [-0.39, 0.29) is 16.6 Å². The molecule has 1 spiro atoms. The Bertz CT molecular complexity index is 503. The van der Waals surface area contributed by atoms with Crippen LogP contribution in [0.4, 0.5) is 0 Å². The van der Waals surface area contributed by atoms with Crippen LogP contribution in [0.2, 0.25) is 0 Å². The molecule has 2 nitrogen and oxygen atoms in total. The summed E-state index contributed by atoms with van der Waals surface area (Å²) >= 11 is 0. The van der Waals surface area contributed by atoms with Gasteiger partial charge in [-0.15, -0.1) is 0 Å². The Morgan fingerprint density at radius 1 is 1.00 bits per heavy atom. The first-order valence-electron chi connectivity index (χ1n) is 7.02. The van der Waals surface area contributed by atoms with Gasteiger partial charge in [0, 0.05) is 16.2 Å². The van der Waals surface area contributed by atoms with Crippen molar-refractivity contribution in [1.82, 2.24) is 0 Å². The lowest BCUT2D eigenvalue weighted by molar-refractivity contribution is -0.167. The van der Waals surface area contributed by atoms with E-state index in [9.17, 15) is 4.79 Å². The fourth-order valence-corrected chi connectivity index (χ4v) is 4.25. The Morgan fingerprint density at radius 3 is 1.95 bits per heavy atom. The molecule has 1 unspecified atom stereocenters. The lowest BCUT2D eigenvalue weighted by Gasteiger charge is -2.59. The zero-order valence-electron chi connectivity index (χ0n) is 13.5. The molecule has 0 aromatic heterocycles. The number of hydrogen-bond donors (Lipinski definition) is 0. The standard InChI is InChI=1S/C17H26O2/c1-11-9-13(18)15(5,6)16(7,8)17(11)14(3,4)10-12(2)19-17/h9-10H,1-8H3. The van der Waals surface area contributed by atoms with Crippen LogP contribution >= 0.6 is 0 Å². The maximum Gasteiger partial charge on any atom is 0.162 e. The first-order chi connectivity index (χ1) is 8.40. The average Bonchev–Trinajstić information content (AvgIpc) is 2.46. The van der Waals surface area contributed by atoms with Gasteiger partial charge in [0.15, 0.2) is 5.78 Å². The molecule has 1 atom stereocenters. The first-order valence-corrected chi connectivity index (χ1v) is 7.02. The highest BCUT2D eigenvalue weighted by atomic mass is 16.5. The molecular weight excluding hydrogens is 236 g/mol. The molecule has 0 fully saturated rings. The molecule has 0 aromatic rings. The van der Waals surface area contributed by atoms with Gasteiger partial charge in [-0.25, -0.2) is 0 Å². The van der Waals surface area contributed by atoms with Gasteiger partial charge in [-0.3, -0.25) is 4.79 Å². The van der Waals surface area contributed by atoms with Crippen molar-refractivity contribution >= 4 is 5.78 Å². The number of ketones is 1. The van der Waals surface area contributed by atoms with Gasteiger partial charge in [0.25, 0.3) is 0 Å². The van der Waals surface area contributed by atoms with Crippen molar-refractivity contribution in [3.8, 4) is 0 Å². The van der Waals surface area contributed by atoms with E-state index in [4.69, 9.17) is 4.74 Å². The summed E-state index contributed by atoms with van der Waals surface area (Å²) in [5.74, 6) is 1.15. The lowest BCUT2D eigenvalue weighted by atomic mass is 9.47. The van der Waals surface area contributed by atoms with Crippen LogP contribution in [0.1, 0.15) is 55.4 Å². The molecule has 2 heteroatoms. The van der Waals surface area contributed by atoms with Gasteiger partial charge in [-0.2, -0.15) is 0 Å². The third-order valence-electron chi connectivity index (χ3n) is 5.75. The van der Waals surface area contributed by atoms with Crippen LogP contribution in [0.3, 0.4) is 0 Å². The van der Waals surface area contributed by atoms with E-state index in [1.165, 1.54) is 0 Å². The molecule has 0 N–H and O–H groups in total. The summed E-state index contributed by atoms with van der Waals surface area (Å²) in [6, 6.07) is 0. The van der Waals surface area contributed by atoms with Crippen molar-refractivity contribution in [3.63, 3.8) is 0 Å². The van der Waals surface area contributed by atoms with Crippen LogP contribution in [0.25, 0.3) is 0 Å². The van der Waals surface area contributed by atoms with E-state index in [2.05, 4.69) is 33.8 Å². The third kappa shape index (κ3) is 1.40. The van der Waals surface area contributed by atoms with Crippen molar-refractivity contribution in [2.75, 3.05) is 0 Å². The molecule has 0 aromatic carbocycles. The second-order valence-corrected chi connectivity index (χ2v) is 7.70. The Morgan fingerprint density at radius 2 is 1.53 bits per heavy atom. The van der Waals surface area contributed by atoms with Crippen LogP contribution in [-0.2, 0) is 9.53 Å². The van der Waals surface area contributed by atoms with Gasteiger partial charge < -0.3 is 4.74 Å². The molecule has 1 aliphatic heterocycles. The van der Waals surface area contributed by atoms with Crippen molar-refractivity contribution in [1.29, 1.82) is 0 Å². The molecule has 0 saturated carbocycles. The van der Waals surface area contributed by atoms with Gasteiger partial charge >= 0.3 is 0 Å².